The van der Waals surface area contributed by atoms with Gasteiger partial charge in [0.1, 0.15) is 11.9 Å². The molecule has 0 saturated heterocycles. The number of carboxylic acid groups (broad SMARTS) is 1. The van der Waals surface area contributed by atoms with Crippen molar-refractivity contribution >= 4 is 5.97 Å². The molecule has 25 heavy (non-hydrogen) atoms. The standard InChI is InChI=1S/C19H17F3O3/c1-11(18(23)24)12-2-6-15(7-3-12)25-17-9-4-13-10-14(19(20,21)22)5-8-16(13)17/h2-3,5-8,10-11,17H,4,9H2,1H3,(H,23,24). The monoisotopic (exact) mass is 350 g/mol. The van der Waals surface area contributed by atoms with Crippen molar-refractivity contribution in [1.29, 1.82) is 0 Å². The van der Waals surface area contributed by atoms with Crippen LogP contribution >= 0.6 is 0 Å². The highest BCUT2D eigenvalue weighted by Crippen LogP contribution is 2.38. The van der Waals surface area contributed by atoms with Gasteiger partial charge >= 0.3 is 12.1 Å². The van der Waals surface area contributed by atoms with Crippen molar-refractivity contribution < 1.29 is 27.8 Å². The summed E-state index contributed by atoms with van der Waals surface area (Å²) in [5, 5.41) is 9.01. The Balaban J connectivity index is 1.75. The Morgan fingerprint density at radius 2 is 1.88 bits per heavy atom. The number of carboxylic acids is 1. The van der Waals surface area contributed by atoms with Gasteiger partial charge < -0.3 is 9.84 Å². The minimum Gasteiger partial charge on any atom is -0.486 e. The number of ether oxygens (including phenoxy) is 1. The van der Waals surface area contributed by atoms with E-state index in [2.05, 4.69) is 0 Å². The number of aliphatic carboxylic acids is 1. The highest BCUT2D eigenvalue weighted by molar-refractivity contribution is 5.75. The molecule has 0 bridgehead atoms. The van der Waals surface area contributed by atoms with E-state index in [0.717, 1.165) is 11.6 Å². The average Bonchev–Trinajstić information content (AvgIpc) is 2.96. The second-order valence-electron chi connectivity index (χ2n) is 6.19. The van der Waals surface area contributed by atoms with Gasteiger partial charge in [0.2, 0.25) is 0 Å². The predicted octanol–water partition coefficient (Wildman–Crippen LogP) is 4.96. The van der Waals surface area contributed by atoms with Crippen LogP contribution < -0.4 is 4.74 Å². The molecule has 0 fully saturated rings. The number of alkyl halides is 3. The summed E-state index contributed by atoms with van der Waals surface area (Å²) in [5.74, 6) is -0.944. The quantitative estimate of drug-likeness (QED) is 0.848. The van der Waals surface area contributed by atoms with E-state index in [1.54, 1.807) is 31.2 Å². The van der Waals surface area contributed by atoms with Crippen molar-refractivity contribution in [3.8, 4) is 5.75 Å². The molecule has 3 nitrogen and oxygen atoms in total. The lowest BCUT2D eigenvalue weighted by molar-refractivity contribution is -0.138. The van der Waals surface area contributed by atoms with E-state index in [1.807, 2.05) is 0 Å². The Hall–Kier alpha value is -2.50. The molecule has 2 aromatic carbocycles. The minimum atomic E-state index is -4.34. The fraction of sp³-hybridized carbons (Fsp3) is 0.316. The average molecular weight is 350 g/mol. The lowest BCUT2D eigenvalue weighted by Crippen LogP contribution is -2.08. The molecule has 3 rings (SSSR count). The Morgan fingerprint density at radius 3 is 2.48 bits per heavy atom. The van der Waals surface area contributed by atoms with Crippen LogP contribution in [0.1, 0.15) is 47.6 Å². The summed E-state index contributed by atoms with van der Waals surface area (Å²) in [6, 6.07) is 10.5. The van der Waals surface area contributed by atoms with Gasteiger partial charge in [0.15, 0.2) is 0 Å². The maximum absolute atomic E-state index is 12.8. The first-order chi connectivity index (χ1) is 11.8. The number of halogens is 3. The van der Waals surface area contributed by atoms with Gasteiger partial charge in [-0.05, 0) is 60.7 Å². The van der Waals surface area contributed by atoms with Crippen molar-refractivity contribution in [2.45, 2.75) is 38.0 Å². The summed E-state index contributed by atoms with van der Waals surface area (Å²) in [6.45, 7) is 1.60. The fourth-order valence-corrected chi connectivity index (χ4v) is 3.02. The van der Waals surface area contributed by atoms with E-state index in [-0.39, 0.29) is 6.10 Å². The van der Waals surface area contributed by atoms with E-state index < -0.39 is 23.6 Å². The molecular formula is C19H17F3O3. The Morgan fingerprint density at radius 1 is 1.20 bits per heavy atom. The third-order valence-electron chi connectivity index (χ3n) is 4.52. The molecule has 0 aromatic heterocycles. The topological polar surface area (TPSA) is 46.5 Å². The van der Waals surface area contributed by atoms with Crippen LogP contribution in [0.4, 0.5) is 13.2 Å². The Labute approximate surface area is 143 Å². The first-order valence-corrected chi connectivity index (χ1v) is 7.95. The number of hydrogen-bond acceptors (Lipinski definition) is 2. The summed E-state index contributed by atoms with van der Waals surface area (Å²) in [4.78, 5) is 11.0. The molecule has 6 heteroatoms. The zero-order chi connectivity index (χ0) is 18.2. The van der Waals surface area contributed by atoms with Crippen molar-refractivity contribution in [3.05, 3.63) is 64.7 Å². The molecule has 0 heterocycles. The van der Waals surface area contributed by atoms with Gasteiger partial charge in [-0.3, -0.25) is 4.79 Å². The van der Waals surface area contributed by atoms with Crippen molar-refractivity contribution in [3.63, 3.8) is 0 Å². The molecule has 2 aromatic rings. The Kier molecular flexibility index (Phi) is 4.45. The van der Waals surface area contributed by atoms with Gasteiger partial charge in [-0.1, -0.05) is 18.2 Å². The van der Waals surface area contributed by atoms with E-state index >= 15 is 0 Å². The fourth-order valence-electron chi connectivity index (χ4n) is 3.02. The van der Waals surface area contributed by atoms with Crippen LogP contribution in [-0.4, -0.2) is 11.1 Å². The maximum atomic E-state index is 12.8. The molecule has 0 aliphatic heterocycles. The molecule has 1 aliphatic rings. The second kappa shape index (κ2) is 6.43. The van der Waals surface area contributed by atoms with E-state index in [1.165, 1.54) is 12.1 Å². The smallest absolute Gasteiger partial charge is 0.416 e. The highest BCUT2D eigenvalue weighted by Gasteiger charge is 2.33. The zero-order valence-corrected chi connectivity index (χ0v) is 13.5. The summed E-state index contributed by atoms with van der Waals surface area (Å²) in [5.41, 5.74) is 1.47. The second-order valence-corrected chi connectivity index (χ2v) is 6.19. The van der Waals surface area contributed by atoms with E-state index in [4.69, 9.17) is 9.84 Å². The lowest BCUT2D eigenvalue weighted by Gasteiger charge is -2.16. The molecule has 1 aliphatic carbocycles. The molecule has 2 atom stereocenters. The number of aryl methyl sites for hydroxylation is 1. The van der Waals surface area contributed by atoms with Gasteiger partial charge in [-0.15, -0.1) is 0 Å². The first kappa shape index (κ1) is 17.3. The van der Waals surface area contributed by atoms with Gasteiger partial charge in [0.25, 0.3) is 0 Å². The van der Waals surface area contributed by atoms with Crippen molar-refractivity contribution in [1.82, 2.24) is 0 Å². The van der Waals surface area contributed by atoms with E-state index in [9.17, 15) is 18.0 Å². The minimum absolute atomic E-state index is 0.292. The molecular weight excluding hydrogens is 333 g/mol. The van der Waals surface area contributed by atoms with Crippen molar-refractivity contribution in [2.24, 2.45) is 0 Å². The van der Waals surface area contributed by atoms with Gasteiger partial charge in [0, 0.05) is 0 Å². The van der Waals surface area contributed by atoms with Gasteiger partial charge in [0.05, 0.1) is 11.5 Å². The van der Waals surface area contributed by atoms with Crippen LogP contribution in [0.3, 0.4) is 0 Å². The van der Waals surface area contributed by atoms with Crippen molar-refractivity contribution in [2.75, 3.05) is 0 Å². The number of rotatable bonds is 4. The van der Waals surface area contributed by atoms with Crippen LogP contribution in [0.5, 0.6) is 5.75 Å². The van der Waals surface area contributed by atoms with Crippen LogP contribution in [0, 0.1) is 0 Å². The molecule has 2 unspecified atom stereocenters. The number of benzene rings is 2. The third-order valence-corrected chi connectivity index (χ3v) is 4.52. The summed E-state index contributed by atoms with van der Waals surface area (Å²) >= 11 is 0. The third kappa shape index (κ3) is 3.62. The summed E-state index contributed by atoms with van der Waals surface area (Å²) < 4.78 is 44.3. The van der Waals surface area contributed by atoms with Crippen LogP contribution in [0.2, 0.25) is 0 Å². The maximum Gasteiger partial charge on any atom is 0.416 e. The van der Waals surface area contributed by atoms with E-state index in [0.29, 0.717) is 29.7 Å². The number of hydrogen-bond donors (Lipinski definition) is 1. The SMILES string of the molecule is CC(C(=O)O)c1ccc(OC2CCc3cc(C(F)(F)F)ccc32)cc1. The molecule has 0 amide bonds. The molecule has 1 N–H and O–H groups in total. The van der Waals surface area contributed by atoms with Crippen LogP contribution in [0.25, 0.3) is 0 Å². The van der Waals surface area contributed by atoms with Crippen LogP contribution in [0.15, 0.2) is 42.5 Å². The first-order valence-electron chi connectivity index (χ1n) is 7.95. The zero-order valence-electron chi connectivity index (χ0n) is 13.5. The van der Waals surface area contributed by atoms with Gasteiger partial charge in [-0.2, -0.15) is 13.2 Å². The summed E-state index contributed by atoms with van der Waals surface area (Å²) in [6.07, 6.45) is -3.48. The Bertz CT molecular complexity index is 781. The predicted molar refractivity (Wildman–Crippen MR) is 85.6 cm³/mol. The highest BCUT2D eigenvalue weighted by atomic mass is 19.4. The molecule has 132 valence electrons. The van der Waals surface area contributed by atoms with Gasteiger partial charge in [-0.25, -0.2) is 0 Å². The summed E-state index contributed by atoms with van der Waals surface area (Å²) in [7, 11) is 0. The molecule has 0 saturated carbocycles. The lowest BCUT2D eigenvalue weighted by atomic mass is 10.0. The van der Waals surface area contributed by atoms with Crippen LogP contribution in [-0.2, 0) is 17.4 Å². The molecule has 0 radical (unpaired) electrons. The normalized spacial score (nSPS) is 17.8. The number of carbonyl (C=O) groups is 1. The largest absolute Gasteiger partial charge is 0.486 e. The number of fused-ring (bicyclic) bond motifs is 1. The molecule has 0 spiro atoms.